The van der Waals surface area contributed by atoms with Crippen molar-refractivity contribution in [1.29, 1.82) is 0 Å². The number of carbonyl (C=O) groups excluding carboxylic acids is 7. The normalized spacial score (nSPS) is 11.1. The summed E-state index contributed by atoms with van der Waals surface area (Å²) in [5.41, 5.74) is 13.6. The van der Waals surface area contributed by atoms with Crippen LogP contribution in [-0.2, 0) is 0 Å². The molecule has 0 spiro atoms. The zero-order valence-electron chi connectivity index (χ0n) is 70.6. The molecule has 1 heterocycles. The maximum atomic E-state index is 12.1. The van der Waals surface area contributed by atoms with Crippen LogP contribution >= 0.6 is 0 Å². The van der Waals surface area contributed by atoms with Gasteiger partial charge in [-0.2, -0.15) is 4.98 Å². The van der Waals surface area contributed by atoms with Gasteiger partial charge < -0.3 is 88.8 Å². The summed E-state index contributed by atoms with van der Waals surface area (Å²) in [4.78, 5) is 89.2. The molecule has 2 fully saturated rings. The van der Waals surface area contributed by atoms with E-state index in [0.717, 1.165) is 105 Å². The zero-order valence-corrected chi connectivity index (χ0v) is 70.6. The Morgan fingerprint density at radius 3 is 1.02 bits per heavy atom. The Morgan fingerprint density at radius 2 is 0.714 bits per heavy atom. The molecule has 2 saturated carbocycles. The summed E-state index contributed by atoms with van der Waals surface area (Å²) in [6.45, 7) is 13.8. The van der Waals surface area contributed by atoms with E-state index in [1.807, 2.05) is 254 Å². The van der Waals surface area contributed by atoms with Crippen molar-refractivity contribution in [1.82, 2.24) is 46.5 Å². The van der Waals surface area contributed by atoms with Crippen LogP contribution in [0, 0.1) is 11.8 Å². The number of benzene rings is 8. The fourth-order valence-corrected chi connectivity index (χ4v) is 10.2. The third-order valence-corrected chi connectivity index (χ3v) is 18.4. The van der Waals surface area contributed by atoms with Crippen molar-refractivity contribution in [2.24, 2.45) is 11.8 Å². The number of hydrogen-bond acceptors (Lipinski definition) is 19. The molecule has 650 valence electrons. The second-order valence-electron chi connectivity index (χ2n) is 27.5. The number of aromatic nitrogens is 2. The molecule has 2 aliphatic carbocycles. The van der Waals surface area contributed by atoms with Gasteiger partial charge in [0.15, 0.2) is 0 Å². The summed E-state index contributed by atoms with van der Waals surface area (Å²) in [7, 11) is 23.4. The monoisotopic (exact) mass is 1640 g/mol. The van der Waals surface area contributed by atoms with Crippen LogP contribution in [0.3, 0.4) is 0 Å². The summed E-state index contributed by atoms with van der Waals surface area (Å²) in [6, 6.07) is 61.4. The van der Waals surface area contributed by atoms with Crippen molar-refractivity contribution in [3.63, 3.8) is 0 Å². The van der Waals surface area contributed by atoms with Crippen LogP contribution in [0.1, 0.15) is 182 Å². The molecular weight excluding hydrogens is 1500 g/mol. The molecule has 119 heavy (non-hydrogen) atoms. The van der Waals surface area contributed by atoms with Gasteiger partial charge in [-0.25, -0.2) is 0 Å². The van der Waals surface area contributed by atoms with Gasteiger partial charge in [-0.1, -0.05) is 110 Å². The fourth-order valence-electron chi connectivity index (χ4n) is 10.2. The van der Waals surface area contributed by atoms with Crippen molar-refractivity contribution in [2.75, 3.05) is 153 Å². The number of rotatable bonds is 25. The molecule has 14 N–H and O–H groups in total. The van der Waals surface area contributed by atoms with E-state index in [1.165, 1.54) is 19.3 Å². The van der Waals surface area contributed by atoms with Crippen molar-refractivity contribution < 1.29 is 38.1 Å². The molecule has 0 radical (unpaired) electrons. The number of amides is 7. The van der Waals surface area contributed by atoms with E-state index in [1.54, 1.807) is 55.2 Å². The van der Waals surface area contributed by atoms with Gasteiger partial charge in [0, 0.05) is 213 Å². The SMILES string of the molecule is C.C.C.C.CCC(C)N(C)C(=O)c1cccc(NC)c1.CNC(=O)c1cccc(NC)c1.CNC(=O)c1cccc(NC)c1.CNc1cccc(-c2noc(NC)n2)c1.CNc1cccc(C(=O)N(C)C(C)C)c1.CNc1cccc(C(=O)NC2CCC2)c1.CNc1cccc(C(=O)NCC(C)C)c1.CNc1cccc(C(=O)NCC2CC2)c1. The first-order chi connectivity index (χ1) is 55.2. The van der Waals surface area contributed by atoms with E-state index in [9.17, 15) is 33.6 Å². The lowest BCUT2D eigenvalue weighted by molar-refractivity contribution is 0.0736. The van der Waals surface area contributed by atoms with Gasteiger partial charge >= 0.3 is 6.01 Å². The summed E-state index contributed by atoms with van der Waals surface area (Å²) in [5.74, 6) is 1.84. The number of hydrogen-bond donors (Lipinski definition) is 14. The zero-order chi connectivity index (χ0) is 84.8. The number of anilines is 9. The predicted octanol–water partition coefficient (Wildman–Crippen LogP) is 17.3. The first-order valence-corrected chi connectivity index (χ1v) is 38.9. The molecule has 7 amide bonds. The van der Waals surface area contributed by atoms with Gasteiger partial charge in [-0.15, -0.1) is 0 Å². The largest absolute Gasteiger partial charge is 0.388 e. The highest BCUT2D eigenvalue weighted by Gasteiger charge is 2.23. The van der Waals surface area contributed by atoms with Crippen LogP contribution < -0.4 is 74.4 Å². The van der Waals surface area contributed by atoms with E-state index in [0.29, 0.717) is 47.0 Å². The lowest BCUT2D eigenvalue weighted by Gasteiger charge is -2.26. The molecule has 11 rings (SSSR count). The van der Waals surface area contributed by atoms with Crippen LogP contribution in [0.2, 0.25) is 0 Å². The molecule has 26 nitrogen and oxygen atoms in total. The van der Waals surface area contributed by atoms with Crippen molar-refractivity contribution in [2.45, 2.75) is 128 Å². The number of nitrogens with zero attached hydrogens (tertiary/aromatic N) is 4. The van der Waals surface area contributed by atoms with Gasteiger partial charge in [-0.05, 0) is 211 Å². The van der Waals surface area contributed by atoms with Crippen LogP contribution in [0.25, 0.3) is 11.4 Å². The minimum atomic E-state index is -0.0629. The van der Waals surface area contributed by atoms with E-state index < -0.39 is 0 Å². The minimum Gasteiger partial charge on any atom is -0.388 e. The summed E-state index contributed by atoms with van der Waals surface area (Å²) in [6.07, 6.45) is 6.97. The van der Waals surface area contributed by atoms with Crippen LogP contribution in [0.4, 0.5) is 51.5 Å². The number of nitrogens with one attached hydrogen (secondary N) is 14. The average molecular weight is 1640 g/mol. The van der Waals surface area contributed by atoms with Crippen LogP contribution in [0.5, 0.6) is 0 Å². The molecule has 1 atom stereocenters. The van der Waals surface area contributed by atoms with Crippen molar-refractivity contribution >= 4 is 92.9 Å². The highest BCUT2D eigenvalue weighted by atomic mass is 16.5. The second kappa shape index (κ2) is 58.3. The predicted molar refractivity (Wildman–Crippen MR) is 501 cm³/mol. The first kappa shape index (κ1) is 106. The summed E-state index contributed by atoms with van der Waals surface area (Å²) < 4.78 is 4.95. The van der Waals surface area contributed by atoms with Gasteiger partial charge in [0.05, 0.1) is 0 Å². The van der Waals surface area contributed by atoms with Gasteiger partial charge in [-0.3, -0.25) is 33.6 Å². The Bertz CT molecular complexity index is 4330. The third kappa shape index (κ3) is 38.4. The van der Waals surface area contributed by atoms with Gasteiger partial charge in [0.25, 0.3) is 41.4 Å². The van der Waals surface area contributed by atoms with Crippen LogP contribution in [0.15, 0.2) is 199 Å². The quantitative estimate of drug-likeness (QED) is 0.0253. The molecule has 0 bridgehead atoms. The lowest BCUT2D eigenvalue weighted by Crippen LogP contribution is -2.39. The molecule has 1 unspecified atom stereocenters. The van der Waals surface area contributed by atoms with E-state index in [2.05, 4.69) is 112 Å². The highest BCUT2D eigenvalue weighted by molar-refractivity contribution is 5.98. The Morgan fingerprint density at radius 1 is 0.395 bits per heavy atom. The Balaban J connectivity index is 0.00000133. The molecule has 26 heteroatoms. The van der Waals surface area contributed by atoms with E-state index >= 15 is 0 Å². The first-order valence-electron chi connectivity index (χ1n) is 38.9. The Kier molecular flexibility index (Phi) is 52.1. The second-order valence-corrected chi connectivity index (χ2v) is 27.5. The van der Waals surface area contributed by atoms with Crippen molar-refractivity contribution in [3.8, 4) is 11.4 Å². The summed E-state index contributed by atoms with van der Waals surface area (Å²) >= 11 is 0. The standard InChI is InChI=1S/C13H20N2O.2C12H16N2O.2C12H18N2O.C10H12N4O.2C9H12N2O.4CH4/c1-5-10(2)15(4)13(16)11-7-6-8-12(9-11)14-3;1-13-11-7-2-4-9(8-11)12(15)14-10-5-3-6-10;1-13-11-4-2-3-10(7-11)12(15)14-8-9-5-6-9;1-9(2)14(4)12(15)10-6-5-7-11(8-10)13-3;1-9(2)8-14-12(15)10-5-4-6-11(7-10)13-3;1-11-8-5-3-4-7(6-8)9-13-10(12-2)15-14-9;2*1-10-8-5-3-4-7(6-8)9(12)11-2;;;;/h6-10,14H,5H2,1-4H3;2,4,7-8,10,13H,3,5-6H2,1H3,(H,14,15);2-4,7,9,13H,5-6,8H2,1H3,(H,14,15);5-9,13H,1-4H3;4-7,9,13H,8H2,1-3H3,(H,14,15);3-6,11H,1-2H3,(H,12,13,14);2*3-6,10H,1-2H3,(H,11,12);4*1H4. The maximum absolute atomic E-state index is 12.1. The minimum absolute atomic E-state index is 0. The van der Waals surface area contributed by atoms with Gasteiger partial charge in [0.2, 0.25) is 5.82 Å². The highest BCUT2D eigenvalue weighted by Crippen LogP contribution is 2.28. The summed E-state index contributed by atoms with van der Waals surface area (Å²) in [5, 5.41) is 44.7. The number of carbonyl (C=O) groups is 7. The topological polar surface area (TPSA) is 333 Å². The lowest BCUT2D eigenvalue weighted by atomic mass is 9.93. The fraction of sp³-hybridized carbons (Fsp3) is 0.387. The third-order valence-electron chi connectivity index (χ3n) is 18.4. The molecule has 9 aromatic rings. The smallest absolute Gasteiger partial charge is 0.321 e. The Labute approximate surface area is 710 Å². The molecule has 1 aromatic heterocycles. The van der Waals surface area contributed by atoms with Crippen molar-refractivity contribution in [3.05, 3.63) is 233 Å². The average Bonchev–Trinajstić information content (AvgIpc) is 1.77. The van der Waals surface area contributed by atoms with E-state index in [-0.39, 0.29) is 83.1 Å². The van der Waals surface area contributed by atoms with Gasteiger partial charge in [0.1, 0.15) is 0 Å². The Hall–Kier alpha value is -12.6. The molecule has 2 aliphatic rings. The molecule has 0 aliphatic heterocycles. The molecule has 0 saturated heterocycles. The van der Waals surface area contributed by atoms with E-state index in [4.69, 9.17) is 4.52 Å². The molecular formula is C93H140N18O8. The van der Waals surface area contributed by atoms with Crippen LogP contribution in [-0.4, -0.2) is 184 Å². The molecule has 8 aromatic carbocycles. The maximum Gasteiger partial charge on any atom is 0.321 e.